The second-order valence-corrected chi connectivity index (χ2v) is 8.72. The highest BCUT2D eigenvalue weighted by Crippen LogP contribution is 2.37. The maximum Gasteiger partial charge on any atom is 0.335 e. The van der Waals surface area contributed by atoms with E-state index in [1.807, 2.05) is 0 Å². The number of carboxylic acid groups (broad SMARTS) is 1. The van der Waals surface area contributed by atoms with Crippen LogP contribution in [0, 0.1) is 34.9 Å². The Morgan fingerprint density at radius 3 is 1.43 bits per heavy atom. The van der Waals surface area contributed by atoms with Gasteiger partial charge in [0.1, 0.15) is 22.5 Å². The third-order valence-electron chi connectivity index (χ3n) is 4.43. The Hall–Kier alpha value is -3.92. The van der Waals surface area contributed by atoms with Crippen LogP contribution in [0.15, 0.2) is 93.5 Å². The van der Waals surface area contributed by atoms with Crippen molar-refractivity contribution in [3.05, 3.63) is 119 Å². The highest BCUT2D eigenvalue weighted by atomic mass is 32.2. The molecule has 35 heavy (non-hydrogen) atoms. The molecule has 0 aliphatic carbocycles. The number of carboxylic acids is 1. The van der Waals surface area contributed by atoms with Gasteiger partial charge in [-0.15, -0.1) is 0 Å². The Morgan fingerprint density at radius 2 is 1.06 bits per heavy atom. The summed E-state index contributed by atoms with van der Waals surface area (Å²) in [6.07, 6.45) is 0. The van der Waals surface area contributed by atoms with E-state index in [2.05, 4.69) is 0 Å². The van der Waals surface area contributed by atoms with Gasteiger partial charge in [-0.2, -0.15) is 0 Å². The average Bonchev–Trinajstić information content (AvgIpc) is 2.78. The van der Waals surface area contributed by atoms with Gasteiger partial charge in [-0.05, 0) is 18.2 Å². The van der Waals surface area contributed by atoms with Crippen LogP contribution in [-0.4, -0.2) is 11.1 Å². The van der Waals surface area contributed by atoms with Crippen LogP contribution in [0.5, 0.6) is 5.75 Å². The van der Waals surface area contributed by atoms with E-state index >= 15 is 0 Å². The van der Waals surface area contributed by atoms with Gasteiger partial charge in [-0.25, -0.2) is 31.1 Å². The summed E-state index contributed by atoms with van der Waals surface area (Å²) >= 11 is 0. The molecule has 4 rings (SSSR count). The van der Waals surface area contributed by atoms with Gasteiger partial charge in [-0.3, -0.25) is 0 Å². The van der Waals surface area contributed by atoms with Crippen LogP contribution < -0.4 is 5.11 Å². The summed E-state index contributed by atoms with van der Waals surface area (Å²) in [5, 5.41) is 19.0. The Bertz CT molecular complexity index is 1260. The topological polar surface area (TPSA) is 60.4 Å². The van der Waals surface area contributed by atoms with E-state index in [-0.39, 0.29) is 10.5 Å². The first kappa shape index (κ1) is 25.7. The quantitative estimate of drug-likeness (QED) is 0.269. The minimum Gasteiger partial charge on any atom is -0.872 e. The van der Waals surface area contributed by atoms with Crippen molar-refractivity contribution in [1.82, 2.24) is 0 Å². The van der Waals surface area contributed by atoms with Gasteiger partial charge < -0.3 is 10.2 Å². The van der Waals surface area contributed by atoms with E-state index in [1.165, 1.54) is 48.5 Å². The van der Waals surface area contributed by atoms with Crippen LogP contribution in [0.25, 0.3) is 0 Å². The molecule has 4 aromatic rings. The molecule has 0 aromatic heterocycles. The normalized spacial score (nSPS) is 10.6. The first-order chi connectivity index (χ1) is 16.6. The molecule has 10 heteroatoms. The van der Waals surface area contributed by atoms with Gasteiger partial charge in [0, 0.05) is 24.3 Å². The molecule has 0 amide bonds. The number of aromatic carboxylic acids is 1. The van der Waals surface area contributed by atoms with E-state index in [1.54, 1.807) is 6.07 Å². The number of rotatable bonds is 4. The van der Waals surface area contributed by atoms with Gasteiger partial charge >= 0.3 is 5.97 Å². The standard InChI is InChI=1S/C18H9F6S.C7H6O3/c19-10-6-13(21)17(14(22)7-10)25(12-4-2-1-3-5-12)18-15(23)8-11(20)9-16(18)24;8-6-4-2-1-3-5(6)7(9)10/h1-9H;1-4,8H,(H,9,10)/q+1;/p-1. The van der Waals surface area contributed by atoms with Crippen molar-refractivity contribution in [1.29, 1.82) is 0 Å². The van der Waals surface area contributed by atoms with Gasteiger partial charge in [0.2, 0.25) is 9.79 Å². The van der Waals surface area contributed by atoms with E-state index in [0.717, 1.165) is 0 Å². The predicted octanol–water partition coefficient (Wildman–Crippen LogP) is 6.08. The molecule has 0 radical (unpaired) electrons. The van der Waals surface area contributed by atoms with E-state index in [4.69, 9.17) is 5.11 Å². The maximum absolute atomic E-state index is 14.3. The minimum absolute atomic E-state index is 0.178. The Kier molecular flexibility index (Phi) is 8.08. The third-order valence-corrected chi connectivity index (χ3v) is 6.77. The van der Waals surface area contributed by atoms with Crippen molar-refractivity contribution in [2.45, 2.75) is 14.7 Å². The molecule has 4 aromatic carbocycles. The highest BCUT2D eigenvalue weighted by Gasteiger charge is 2.40. The van der Waals surface area contributed by atoms with Crippen LogP contribution in [0.4, 0.5) is 26.3 Å². The van der Waals surface area contributed by atoms with Crippen molar-refractivity contribution >= 4 is 16.9 Å². The lowest BCUT2D eigenvalue weighted by atomic mass is 10.2. The molecular weight excluding hydrogens is 494 g/mol. The number of hydrogen-bond acceptors (Lipinski definition) is 2. The zero-order valence-corrected chi connectivity index (χ0v) is 18.3. The van der Waals surface area contributed by atoms with Gasteiger partial charge in [0.15, 0.2) is 28.2 Å². The highest BCUT2D eigenvalue weighted by molar-refractivity contribution is 7.97. The van der Waals surface area contributed by atoms with Crippen molar-refractivity contribution in [2.24, 2.45) is 0 Å². The molecule has 0 aliphatic rings. The first-order valence-electron chi connectivity index (χ1n) is 9.68. The zero-order valence-electron chi connectivity index (χ0n) is 17.4. The molecule has 0 unspecified atom stereocenters. The monoisotopic (exact) mass is 508 g/mol. The third kappa shape index (κ3) is 5.96. The van der Waals surface area contributed by atoms with Crippen LogP contribution in [-0.2, 0) is 10.9 Å². The van der Waals surface area contributed by atoms with Crippen molar-refractivity contribution in [3.8, 4) is 5.75 Å². The Balaban J connectivity index is 0.000000287. The molecule has 3 nitrogen and oxygen atoms in total. The molecule has 0 saturated heterocycles. The minimum atomic E-state index is -1.91. The molecule has 0 bridgehead atoms. The van der Waals surface area contributed by atoms with E-state index in [0.29, 0.717) is 24.3 Å². The Morgan fingerprint density at radius 1 is 0.657 bits per heavy atom. The van der Waals surface area contributed by atoms with Crippen LogP contribution in [0.3, 0.4) is 0 Å². The fraction of sp³-hybridized carbons (Fsp3) is 0. The number of halogens is 6. The average molecular weight is 508 g/mol. The molecule has 0 spiro atoms. The number of benzene rings is 4. The lowest BCUT2D eigenvalue weighted by Crippen LogP contribution is -2.14. The van der Waals surface area contributed by atoms with E-state index < -0.39 is 67.3 Å². The molecule has 0 heterocycles. The molecule has 0 aliphatic heterocycles. The summed E-state index contributed by atoms with van der Waals surface area (Å²) in [5.74, 6) is -9.08. The molecule has 180 valence electrons. The molecule has 0 saturated carbocycles. The number of carbonyl (C=O) groups is 1. The fourth-order valence-corrected chi connectivity index (χ4v) is 5.11. The summed E-state index contributed by atoms with van der Waals surface area (Å²) in [5.41, 5.74) is -0.178. The summed E-state index contributed by atoms with van der Waals surface area (Å²) in [7, 11) is -1.91. The van der Waals surface area contributed by atoms with Crippen molar-refractivity contribution in [2.75, 3.05) is 0 Å². The summed E-state index contributed by atoms with van der Waals surface area (Å²) in [6, 6.07) is 14.8. The summed E-state index contributed by atoms with van der Waals surface area (Å²) < 4.78 is 83.6. The van der Waals surface area contributed by atoms with Crippen molar-refractivity contribution < 1.29 is 41.4 Å². The van der Waals surface area contributed by atoms with E-state index in [9.17, 15) is 36.2 Å². The van der Waals surface area contributed by atoms with Crippen LogP contribution in [0.1, 0.15) is 10.4 Å². The number of para-hydroxylation sites is 1. The summed E-state index contributed by atoms with van der Waals surface area (Å²) in [6.45, 7) is 0. The lowest BCUT2D eigenvalue weighted by Gasteiger charge is -2.11. The lowest BCUT2D eigenvalue weighted by molar-refractivity contribution is -0.268. The zero-order chi connectivity index (χ0) is 25.7. The predicted molar refractivity (Wildman–Crippen MR) is 114 cm³/mol. The van der Waals surface area contributed by atoms with Crippen molar-refractivity contribution in [3.63, 3.8) is 0 Å². The van der Waals surface area contributed by atoms with Gasteiger partial charge in [-0.1, -0.05) is 42.1 Å². The molecular formula is C25H14F6O3S. The number of hydrogen-bond donors (Lipinski definition) is 1. The Labute approximate surface area is 198 Å². The molecule has 1 N–H and O–H groups in total. The fourth-order valence-electron chi connectivity index (χ4n) is 2.99. The van der Waals surface area contributed by atoms with Crippen LogP contribution >= 0.6 is 0 Å². The maximum atomic E-state index is 14.3. The second kappa shape index (κ2) is 11.0. The molecule has 0 atom stereocenters. The second-order valence-electron chi connectivity index (χ2n) is 6.82. The van der Waals surface area contributed by atoms with Gasteiger partial charge in [0.05, 0.1) is 5.56 Å². The molecule has 0 fully saturated rings. The van der Waals surface area contributed by atoms with Gasteiger partial charge in [0.25, 0.3) is 0 Å². The summed E-state index contributed by atoms with van der Waals surface area (Å²) in [4.78, 5) is 9.02. The largest absolute Gasteiger partial charge is 0.872 e. The smallest absolute Gasteiger partial charge is 0.335 e. The SMILES string of the molecule is Fc1cc(F)c([S+](c2ccccc2)c2c(F)cc(F)cc2F)c(F)c1.O=C(O)c1ccccc1[O-]. The first-order valence-corrected chi connectivity index (χ1v) is 10.9. The van der Waals surface area contributed by atoms with Crippen LogP contribution in [0.2, 0.25) is 0 Å².